The number of aryl methyl sites for hydroxylation is 1. The first kappa shape index (κ1) is 19.7. The van der Waals surface area contributed by atoms with Crippen molar-refractivity contribution < 1.29 is 14.0 Å². The molecule has 3 heterocycles. The molecule has 1 aromatic carbocycles. The van der Waals surface area contributed by atoms with Crippen molar-refractivity contribution in [1.29, 1.82) is 0 Å². The van der Waals surface area contributed by atoms with Crippen molar-refractivity contribution >= 4 is 34.8 Å². The van der Waals surface area contributed by atoms with Gasteiger partial charge in [-0.05, 0) is 38.0 Å². The van der Waals surface area contributed by atoms with Crippen LogP contribution < -0.4 is 5.32 Å². The number of nitrogens with one attached hydrogen (secondary N) is 1. The van der Waals surface area contributed by atoms with E-state index in [-0.39, 0.29) is 17.9 Å². The smallest absolute Gasteiger partial charge is 0.287 e. The fraction of sp³-hybridized carbons (Fsp3) is 0.286. The first-order chi connectivity index (χ1) is 14.0. The molecule has 6 nitrogen and oxygen atoms in total. The van der Waals surface area contributed by atoms with Crippen molar-refractivity contribution in [3.8, 4) is 10.6 Å². The molecule has 150 valence electrons. The molecule has 1 saturated heterocycles. The Balaban J connectivity index is 1.35. The molecule has 2 amide bonds. The third kappa shape index (κ3) is 4.36. The van der Waals surface area contributed by atoms with Crippen LogP contribution in [0.2, 0.25) is 5.02 Å². The van der Waals surface area contributed by atoms with Gasteiger partial charge >= 0.3 is 0 Å². The van der Waals surface area contributed by atoms with Crippen LogP contribution in [0.3, 0.4) is 0 Å². The number of benzene rings is 1. The Bertz CT molecular complexity index is 1040. The summed E-state index contributed by atoms with van der Waals surface area (Å²) in [6, 6.07) is 10.9. The summed E-state index contributed by atoms with van der Waals surface area (Å²) < 4.78 is 5.36. The highest BCUT2D eigenvalue weighted by Gasteiger charge is 2.26. The number of rotatable bonds is 4. The number of carbonyl (C=O) groups excluding carboxylic acids is 2. The van der Waals surface area contributed by atoms with E-state index in [1.54, 1.807) is 25.3 Å². The quantitative estimate of drug-likeness (QED) is 0.667. The average molecular weight is 430 g/mol. The molecule has 1 N–H and O–H groups in total. The summed E-state index contributed by atoms with van der Waals surface area (Å²) >= 11 is 7.57. The number of nitrogens with zero attached hydrogens (tertiary/aromatic N) is 2. The van der Waals surface area contributed by atoms with Crippen LogP contribution in [0.15, 0.2) is 47.0 Å². The molecule has 0 aliphatic carbocycles. The van der Waals surface area contributed by atoms with Gasteiger partial charge in [-0.2, -0.15) is 0 Å². The second-order valence-electron chi connectivity index (χ2n) is 6.96. The summed E-state index contributed by atoms with van der Waals surface area (Å²) in [6.45, 7) is 2.97. The van der Waals surface area contributed by atoms with E-state index in [9.17, 15) is 9.59 Å². The van der Waals surface area contributed by atoms with Gasteiger partial charge in [-0.25, -0.2) is 4.98 Å². The van der Waals surface area contributed by atoms with E-state index < -0.39 is 0 Å². The number of halogens is 1. The number of likely N-dealkylation sites (tertiary alicyclic amines) is 1. The van der Waals surface area contributed by atoms with Crippen LogP contribution in [0.5, 0.6) is 0 Å². The fourth-order valence-corrected chi connectivity index (χ4v) is 4.53. The Morgan fingerprint density at radius 2 is 1.97 bits per heavy atom. The topological polar surface area (TPSA) is 75.4 Å². The minimum atomic E-state index is -0.213. The molecule has 0 radical (unpaired) electrons. The van der Waals surface area contributed by atoms with E-state index in [0.717, 1.165) is 10.6 Å². The summed E-state index contributed by atoms with van der Waals surface area (Å²) in [6.07, 6.45) is 3.01. The molecular weight excluding hydrogens is 410 g/mol. The van der Waals surface area contributed by atoms with E-state index in [1.165, 1.54) is 11.3 Å². The highest BCUT2D eigenvalue weighted by atomic mass is 35.5. The lowest BCUT2D eigenvalue weighted by atomic mass is 10.0. The lowest BCUT2D eigenvalue weighted by molar-refractivity contribution is 0.0700. The van der Waals surface area contributed by atoms with Gasteiger partial charge in [0.1, 0.15) is 15.6 Å². The van der Waals surface area contributed by atoms with Crippen molar-refractivity contribution in [2.75, 3.05) is 13.1 Å². The van der Waals surface area contributed by atoms with Gasteiger partial charge in [0.25, 0.3) is 11.8 Å². The van der Waals surface area contributed by atoms with Crippen molar-refractivity contribution in [3.63, 3.8) is 0 Å². The third-order valence-electron chi connectivity index (χ3n) is 4.90. The zero-order chi connectivity index (χ0) is 20.4. The van der Waals surface area contributed by atoms with Crippen molar-refractivity contribution in [2.45, 2.75) is 25.8 Å². The molecule has 0 saturated carbocycles. The number of carbonyl (C=O) groups is 2. The summed E-state index contributed by atoms with van der Waals surface area (Å²) in [5.74, 6) is 0.774. The number of amides is 2. The number of hydrogen-bond donors (Lipinski definition) is 1. The van der Waals surface area contributed by atoms with Crippen LogP contribution in [0.1, 0.15) is 38.8 Å². The van der Waals surface area contributed by atoms with Gasteiger partial charge < -0.3 is 14.6 Å². The maximum absolute atomic E-state index is 12.8. The van der Waals surface area contributed by atoms with E-state index in [2.05, 4.69) is 10.3 Å². The fourth-order valence-electron chi connectivity index (χ4n) is 3.33. The van der Waals surface area contributed by atoms with Gasteiger partial charge in [0.15, 0.2) is 5.76 Å². The normalized spacial score (nSPS) is 14.8. The summed E-state index contributed by atoms with van der Waals surface area (Å²) in [7, 11) is 0. The zero-order valence-corrected chi connectivity index (χ0v) is 17.4. The largest absolute Gasteiger partial charge is 0.456 e. The Morgan fingerprint density at radius 1 is 1.21 bits per heavy atom. The van der Waals surface area contributed by atoms with E-state index in [4.69, 9.17) is 16.0 Å². The molecule has 29 heavy (non-hydrogen) atoms. The van der Waals surface area contributed by atoms with Crippen LogP contribution in [0.4, 0.5) is 0 Å². The van der Waals surface area contributed by atoms with Crippen molar-refractivity contribution in [1.82, 2.24) is 15.2 Å². The standard InChI is InChI=1S/C21H20ClN3O3S/c1-13-6-7-17(28-13)19(26)24-14-8-10-25(11-9-14)21(27)18-12-23-20(29-18)15-4-2-3-5-16(15)22/h2-7,12,14H,8-11H2,1H3,(H,24,26). The maximum atomic E-state index is 12.8. The second kappa shape index (κ2) is 8.39. The second-order valence-corrected chi connectivity index (χ2v) is 8.40. The number of hydrogen-bond acceptors (Lipinski definition) is 5. The van der Waals surface area contributed by atoms with Crippen LogP contribution in [0.25, 0.3) is 10.6 Å². The predicted molar refractivity (Wildman–Crippen MR) is 112 cm³/mol. The van der Waals surface area contributed by atoms with Crippen molar-refractivity contribution in [2.24, 2.45) is 0 Å². The zero-order valence-electron chi connectivity index (χ0n) is 15.9. The number of piperidine rings is 1. The molecule has 0 atom stereocenters. The SMILES string of the molecule is Cc1ccc(C(=O)NC2CCN(C(=O)c3cnc(-c4ccccc4Cl)s3)CC2)o1. The summed E-state index contributed by atoms with van der Waals surface area (Å²) in [5.41, 5.74) is 0.827. The number of thiazole rings is 1. The molecule has 3 aromatic rings. The molecule has 2 aromatic heterocycles. The Morgan fingerprint density at radius 3 is 2.66 bits per heavy atom. The first-order valence-electron chi connectivity index (χ1n) is 9.38. The minimum absolute atomic E-state index is 0.0251. The molecule has 1 aliphatic rings. The average Bonchev–Trinajstić information content (AvgIpc) is 3.38. The molecule has 4 rings (SSSR count). The van der Waals surface area contributed by atoms with E-state index in [1.807, 2.05) is 29.2 Å². The Hall–Kier alpha value is -2.64. The molecule has 0 spiro atoms. The van der Waals surface area contributed by atoms with Crippen LogP contribution in [-0.2, 0) is 0 Å². The summed E-state index contributed by atoms with van der Waals surface area (Å²) in [4.78, 5) is 31.8. The highest BCUT2D eigenvalue weighted by molar-refractivity contribution is 7.17. The first-order valence-corrected chi connectivity index (χ1v) is 10.6. The molecular formula is C21H20ClN3O3S. The van der Waals surface area contributed by atoms with Gasteiger partial charge in [0, 0.05) is 24.7 Å². The highest BCUT2D eigenvalue weighted by Crippen LogP contribution is 2.31. The molecule has 0 bridgehead atoms. The van der Waals surface area contributed by atoms with Gasteiger partial charge in [-0.15, -0.1) is 11.3 Å². The monoisotopic (exact) mass is 429 g/mol. The van der Waals surface area contributed by atoms with Gasteiger partial charge in [-0.1, -0.05) is 29.8 Å². The molecule has 1 aliphatic heterocycles. The maximum Gasteiger partial charge on any atom is 0.287 e. The molecule has 0 unspecified atom stereocenters. The molecule has 8 heteroatoms. The lowest BCUT2D eigenvalue weighted by Gasteiger charge is -2.31. The number of aromatic nitrogens is 1. The third-order valence-corrected chi connectivity index (χ3v) is 6.25. The van der Waals surface area contributed by atoms with Crippen LogP contribution in [-0.4, -0.2) is 40.8 Å². The van der Waals surface area contributed by atoms with Gasteiger partial charge in [-0.3, -0.25) is 9.59 Å². The minimum Gasteiger partial charge on any atom is -0.456 e. The van der Waals surface area contributed by atoms with Gasteiger partial charge in [0.2, 0.25) is 0 Å². The Labute approximate surface area is 177 Å². The van der Waals surface area contributed by atoms with Crippen LogP contribution in [0, 0.1) is 6.92 Å². The Kier molecular flexibility index (Phi) is 5.69. The lowest BCUT2D eigenvalue weighted by Crippen LogP contribution is -2.46. The van der Waals surface area contributed by atoms with E-state index in [0.29, 0.717) is 47.4 Å². The molecule has 1 fully saturated rings. The predicted octanol–water partition coefficient (Wildman–Crippen LogP) is 4.40. The van der Waals surface area contributed by atoms with E-state index >= 15 is 0 Å². The number of furan rings is 1. The van der Waals surface area contributed by atoms with Crippen LogP contribution >= 0.6 is 22.9 Å². The van der Waals surface area contributed by atoms with Gasteiger partial charge in [0.05, 0.1) is 11.2 Å². The summed E-state index contributed by atoms with van der Waals surface area (Å²) in [5, 5.41) is 4.33. The van der Waals surface area contributed by atoms with Crippen molar-refractivity contribution in [3.05, 3.63) is 64.0 Å².